The summed E-state index contributed by atoms with van der Waals surface area (Å²) in [7, 11) is 0. The van der Waals surface area contributed by atoms with Crippen molar-refractivity contribution in [1.82, 2.24) is 9.78 Å². The molecular formula is C25H19ClN2O4S. The van der Waals surface area contributed by atoms with Gasteiger partial charge in [0, 0.05) is 27.4 Å². The highest BCUT2D eigenvalue weighted by Gasteiger charge is 2.19. The molecule has 6 nitrogen and oxygen atoms in total. The lowest BCUT2D eigenvalue weighted by atomic mass is 10.1. The predicted molar refractivity (Wildman–Crippen MR) is 129 cm³/mol. The molecule has 0 spiro atoms. The molecule has 33 heavy (non-hydrogen) atoms. The molecule has 5 aromatic rings. The van der Waals surface area contributed by atoms with Gasteiger partial charge in [0.05, 0.1) is 12.2 Å². The van der Waals surface area contributed by atoms with Crippen LogP contribution in [-0.2, 0) is 17.9 Å². The lowest BCUT2D eigenvalue weighted by Gasteiger charge is -2.07. The lowest BCUT2D eigenvalue weighted by molar-refractivity contribution is 0.0479. The minimum absolute atomic E-state index is 0.0248. The third-order valence-corrected chi connectivity index (χ3v) is 6.93. The zero-order valence-electron chi connectivity index (χ0n) is 17.9. The molecule has 0 fully saturated rings. The van der Waals surface area contributed by atoms with Gasteiger partial charge in [-0.25, -0.2) is 9.59 Å². The summed E-state index contributed by atoms with van der Waals surface area (Å²) in [5.74, 6) is -0.451. The second-order valence-electron chi connectivity index (χ2n) is 7.83. The summed E-state index contributed by atoms with van der Waals surface area (Å²) in [5.41, 5.74) is 3.37. The van der Waals surface area contributed by atoms with Gasteiger partial charge in [0.15, 0.2) is 0 Å². The van der Waals surface area contributed by atoms with Crippen LogP contribution in [0.1, 0.15) is 32.1 Å². The first-order chi connectivity index (χ1) is 15.9. The summed E-state index contributed by atoms with van der Waals surface area (Å²) in [5, 5.41) is 6.92. The van der Waals surface area contributed by atoms with Gasteiger partial charge in [0.2, 0.25) is 0 Å². The first-order valence-corrected chi connectivity index (χ1v) is 11.5. The quantitative estimate of drug-likeness (QED) is 0.233. The fraction of sp³-hybridized carbons (Fsp3) is 0.160. The molecular weight excluding hydrogens is 460 g/mol. The number of carbonyl (C=O) groups excluding carboxylic acids is 1. The molecule has 0 N–H and O–H groups in total. The van der Waals surface area contributed by atoms with Crippen LogP contribution in [0.25, 0.3) is 21.2 Å². The topological polar surface area (TPSA) is 74.3 Å². The van der Waals surface area contributed by atoms with Crippen LogP contribution in [0.15, 0.2) is 63.8 Å². The van der Waals surface area contributed by atoms with E-state index < -0.39 is 11.6 Å². The Morgan fingerprint density at radius 2 is 1.91 bits per heavy atom. The molecule has 0 aliphatic heterocycles. The van der Waals surface area contributed by atoms with Gasteiger partial charge in [-0.3, -0.25) is 4.68 Å². The highest BCUT2D eigenvalue weighted by molar-refractivity contribution is 7.20. The van der Waals surface area contributed by atoms with Gasteiger partial charge in [-0.05, 0) is 43.2 Å². The molecule has 3 aromatic heterocycles. The van der Waals surface area contributed by atoms with Crippen molar-refractivity contribution in [3.63, 3.8) is 0 Å². The number of rotatable bonds is 5. The maximum absolute atomic E-state index is 12.8. The van der Waals surface area contributed by atoms with Gasteiger partial charge in [-0.1, -0.05) is 41.9 Å². The van der Waals surface area contributed by atoms with Crippen LogP contribution in [0, 0.1) is 13.8 Å². The summed E-state index contributed by atoms with van der Waals surface area (Å²) in [6.07, 6.45) is 0. The van der Waals surface area contributed by atoms with Crippen molar-refractivity contribution in [3.8, 4) is 0 Å². The molecule has 8 heteroatoms. The number of aromatic nitrogens is 2. The number of thiophene rings is 1. The van der Waals surface area contributed by atoms with Gasteiger partial charge in [0.1, 0.15) is 21.9 Å². The third kappa shape index (κ3) is 4.17. The van der Waals surface area contributed by atoms with Crippen molar-refractivity contribution < 1.29 is 13.9 Å². The number of benzene rings is 2. The standard InChI is InChI=1S/C25H19ClN2O4S/c1-14-7-8-18-17(10-23(29)32-21(18)9-14)13-31-25(30)22-11-19-15(2)27-28(24(19)33-22)12-16-5-3-4-6-20(16)26/h3-11H,12-13H2,1-2H3. The summed E-state index contributed by atoms with van der Waals surface area (Å²) in [6.45, 7) is 4.31. The lowest BCUT2D eigenvalue weighted by Crippen LogP contribution is -2.07. The van der Waals surface area contributed by atoms with Gasteiger partial charge < -0.3 is 9.15 Å². The van der Waals surface area contributed by atoms with E-state index in [1.807, 2.05) is 54.9 Å². The Morgan fingerprint density at radius 3 is 2.73 bits per heavy atom. The molecule has 0 atom stereocenters. The minimum Gasteiger partial charge on any atom is -0.457 e. The molecule has 0 saturated carbocycles. The highest BCUT2D eigenvalue weighted by Crippen LogP contribution is 2.30. The van der Waals surface area contributed by atoms with Crippen molar-refractivity contribution in [1.29, 1.82) is 0 Å². The molecule has 0 unspecified atom stereocenters. The molecule has 5 rings (SSSR count). The average molecular weight is 479 g/mol. The third-order valence-electron chi connectivity index (χ3n) is 5.43. The SMILES string of the molecule is Cc1ccc2c(COC(=O)c3cc4c(C)nn(Cc5ccccc5Cl)c4s3)cc(=O)oc2c1. The van der Waals surface area contributed by atoms with Crippen LogP contribution in [0.3, 0.4) is 0 Å². The number of hydrogen-bond acceptors (Lipinski definition) is 6. The molecule has 3 heterocycles. The summed E-state index contributed by atoms with van der Waals surface area (Å²) in [6, 6.07) is 16.4. The van der Waals surface area contributed by atoms with Crippen molar-refractivity contribution in [2.45, 2.75) is 27.0 Å². The fourth-order valence-corrected chi connectivity index (χ4v) is 5.03. The maximum atomic E-state index is 12.8. The monoisotopic (exact) mass is 478 g/mol. The van der Waals surface area contributed by atoms with Crippen LogP contribution in [0.2, 0.25) is 5.02 Å². The molecule has 166 valence electrons. The molecule has 0 aliphatic carbocycles. The summed E-state index contributed by atoms with van der Waals surface area (Å²) >= 11 is 7.63. The largest absolute Gasteiger partial charge is 0.457 e. The second-order valence-corrected chi connectivity index (χ2v) is 9.27. The van der Waals surface area contributed by atoms with E-state index in [4.69, 9.17) is 20.8 Å². The van der Waals surface area contributed by atoms with E-state index in [0.717, 1.165) is 32.4 Å². The maximum Gasteiger partial charge on any atom is 0.348 e. The van der Waals surface area contributed by atoms with E-state index in [1.165, 1.54) is 17.4 Å². The molecule has 0 aliphatic rings. The van der Waals surface area contributed by atoms with Crippen LogP contribution >= 0.6 is 22.9 Å². The van der Waals surface area contributed by atoms with Gasteiger partial charge in [0.25, 0.3) is 0 Å². The zero-order chi connectivity index (χ0) is 23.1. The Hall–Kier alpha value is -3.42. The highest BCUT2D eigenvalue weighted by atomic mass is 35.5. The van der Waals surface area contributed by atoms with Crippen LogP contribution < -0.4 is 5.63 Å². The van der Waals surface area contributed by atoms with E-state index in [-0.39, 0.29) is 6.61 Å². The average Bonchev–Trinajstić information content (AvgIpc) is 3.34. The normalized spacial score (nSPS) is 11.4. The number of carbonyl (C=O) groups is 1. The Bertz CT molecular complexity index is 1580. The van der Waals surface area contributed by atoms with Crippen molar-refractivity contribution in [2.24, 2.45) is 0 Å². The Kier molecular flexibility index (Phi) is 5.52. The smallest absolute Gasteiger partial charge is 0.348 e. The molecule has 0 bridgehead atoms. The van der Waals surface area contributed by atoms with E-state index in [1.54, 1.807) is 12.1 Å². The molecule has 0 radical (unpaired) electrons. The van der Waals surface area contributed by atoms with Gasteiger partial charge >= 0.3 is 11.6 Å². The summed E-state index contributed by atoms with van der Waals surface area (Å²) in [4.78, 5) is 26.1. The predicted octanol–water partition coefficient (Wildman–Crippen LogP) is 5.88. The second kappa shape index (κ2) is 8.50. The van der Waals surface area contributed by atoms with E-state index in [2.05, 4.69) is 5.10 Å². The number of ether oxygens (including phenoxy) is 1. The minimum atomic E-state index is -0.476. The Morgan fingerprint density at radius 1 is 1.09 bits per heavy atom. The molecule has 0 saturated heterocycles. The first kappa shape index (κ1) is 21.4. The van der Waals surface area contributed by atoms with Crippen LogP contribution in [0.5, 0.6) is 0 Å². The van der Waals surface area contributed by atoms with Gasteiger partial charge in [-0.2, -0.15) is 5.10 Å². The fourth-order valence-electron chi connectivity index (χ4n) is 3.78. The first-order valence-electron chi connectivity index (χ1n) is 10.3. The van der Waals surface area contributed by atoms with Crippen LogP contribution in [0.4, 0.5) is 0 Å². The van der Waals surface area contributed by atoms with Crippen LogP contribution in [-0.4, -0.2) is 15.7 Å². The number of fused-ring (bicyclic) bond motifs is 2. The van der Waals surface area contributed by atoms with E-state index in [9.17, 15) is 9.59 Å². The summed E-state index contributed by atoms with van der Waals surface area (Å²) < 4.78 is 12.7. The van der Waals surface area contributed by atoms with Crippen molar-refractivity contribution >= 4 is 50.1 Å². The zero-order valence-corrected chi connectivity index (χ0v) is 19.5. The Labute approximate surface area is 198 Å². The molecule has 0 amide bonds. The van der Waals surface area contributed by atoms with Gasteiger partial charge in [-0.15, -0.1) is 11.3 Å². The number of aryl methyl sites for hydroxylation is 2. The number of esters is 1. The Balaban J connectivity index is 1.40. The van der Waals surface area contributed by atoms with E-state index >= 15 is 0 Å². The van der Waals surface area contributed by atoms with E-state index in [0.29, 0.717) is 27.6 Å². The molecule has 2 aromatic carbocycles. The van der Waals surface area contributed by atoms with Crippen molar-refractivity contribution in [2.75, 3.05) is 0 Å². The number of halogens is 1. The van der Waals surface area contributed by atoms with Crippen molar-refractivity contribution in [3.05, 3.63) is 97.3 Å². The number of hydrogen-bond donors (Lipinski definition) is 0. The number of nitrogens with zero attached hydrogens (tertiary/aromatic N) is 2.